The number of likely N-dealkylation sites (tertiary alicyclic amines) is 1. The lowest BCUT2D eigenvalue weighted by molar-refractivity contribution is -0.204. The van der Waals surface area contributed by atoms with Gasteiger partial charge < -0.3 is 24.6 Å². The third-order valence-corrected chi connectivity index (χ3v) is 9.05. The maximum absolute atomic E-state index is 12.3. The predicted octanol–water partition coefficient (Wildman–Crippen LogP) is 3.33. The molecule has 0 unspecified atom stereocenters. The van der Waals surface area contributed by atoms with Gasteiger partial charge in [0.15, 0.2) is 11.5 Å². The molecule has 1 spiro atoms. The van der Waals surface area contributed by atoms with E-state index in [0.717, 1.165) is 43.4 Å². The van der Waals surface area contributed by atoms with E-state index in [-0.39, 0.29) is 48.8 Å². The van der Waals surface area contributed by atoms with Gasteiger partial charge in [0.2, 0.25) is 0 Å². The summed E-state index contributed by atoms with van der Waals surface area (Å²) in [7, 11) is 3.97. The van der Waals surface area contributed by atoms with Crippen molar-refractivity contribution in [2.75, 3.05) is 20.7 Å². The first-order chi connectivity index (χ1) is 16.4. The smallest absolute Gasteiger partial charge is 0.321 e. The molecule has 1 saturated carbocycles. The Hall–Kier alpha value is -2.03. The number of hydrogen-bond donors (Lipinski definition) is 3. The number of aliphatic carboxylic acids is 1. The van der Waals surface area contributed by atoms with Crippen LogP contribution in [0.3, 0.4) is 0 Å². The lowest BCUT2D eigenvalue weighted by Crippen LogP contribution is -2.78. The summed E-state index contributed by atoms with van der Waals surface area (Å²) in [6.45, 7) is 0.906. The Kier molecular flexibility index (Phi) is 7.27. The van der Waals surface area contributed by atoms with E-state index in [9.17, 15) is 15.0 Å². The van der Waals surface area contributed by atoms with Gasteiger partial charge >= 0.3 is 5.97 Å². The summed E-state index contributed by atoms with van der Waals surface area (Å²) in [4.78, 5) is 14.7. The van der Waals surface area contributed by atoms with Gasteiger partial charge in [-0.1, -0.05) is 36.4 Å². The zero-order chi connectivity index (χ0) is 23.7. The number of nitrogens with one attached hydrogen (secondary N) is 1. The van der Waals surface area contributed by atoms with Crippen LogP contribution in [0, 0.1) is 0 Å². The van der Waals surface area contributed by atoms with E-state index in [4.69, 9.17) is 9.47 Å². The highest BCUT2D eigenvalue weighted by atomic mass is 35.5. The molecule has 196 valence electrons. The van der Waals surface area contributed by atoms with Crippen LogP contribution < -0.4 is 10.1 Å². The first-order valence-corrected chi connectivity index (χ1v) is 12.2. The van der Waals surface area contributed by atoms with Crippen molar-refractivity contribution in [3.8, 4) is 11.5 Å². The average molecular weight is 537 g/mol. The monoisotopic (exact) mass is 536 g/mol. The SMILES string of the molecule is CO[C@@]12CC[C@H](N[C@@H](Cc3ccccc3)C(=O)O)[C@@H]3Oc4c(O)ccc5c4[C@@]31CCN(C)[C@@H]2C5.Cl.Cl. The second-order valence-corrected chi connectivity index (χ2v) is 10.4. The van der Waals surface area contributed by atoms with E-state index in [1.54, 1.807) is 13.2 Å². The number of carboxylic acids is 1. The molecule has 2 aromatic carbocycles. The van der Waals surface area contributed by atoms with E-state index in [1.807, 2.05) is 36.4 Å². The van der Waals surface area contributed by atoms with Gasteiger partial charge in [-0.3, -0.25) is 10.1 Å². The second kappa shape index (κ2) is 9.69. The van der Waals surface area contributed by atoms with E-state index >= 15 is 0 Å². The molecule has 36 heavy (non-hydrogen) atoms. The summed E-state index contributed by atoms with van der Waals surface area (Å²) < 4.78 is 13.1. The standard InChI is InChI=1S/C27H32N2O5.2ClH/c1-29-13-12-26-22-17-8-9-20(30)23(22)34-24(26)18(10-11-27(26,33-2)21(29)15-17)28-19(25(31)32)14-16-6-4-3-5-7-16;;/h3-9,18-19,21,24,28,30H,10-15H2,1-2H3,(H,31,32);2*1H/t18-,19-,21+,24-,26-,27+;;/m0../s1. The fourth-order valence-corrected chi connectivity index (χ4v) is 7.64. The summed E-state index contributed by atoms with van der Waals surface area (Å²) in [5, 5.41) is 24.3. The number of hydrogen-bond acceptors (Lipinski definition) is 6. The molecule has 4 aliphatic rings. The second-order valence-electron chi connectivity index (χ2n) is 10.4. The Labute approximate surface area is 224 Å². The zero-order valence-electron chi connectivity index (χ0n) is 20.5. The van der Waals surface area contributed by atoms with Gasteiger partial charge in [0.1, 0.15) is 12.1 Å². The minimum absolute atomic E-state index is 0. The van der Waals surface area contributed by atoms with Crippen LogP contribution in [0.25, 0.3) is 0 Å². The topological polar surface area (TPSA) is 91.3 Å². The van der Waals surface area contributed by atoms with E-state index in [2.05, 4.69) is 17.3 Å². The molecule has 6 rings (SSSR count). The Morgan fingerprint density at radius 2 is 1.97 bits per heavy atom. The van der Waals surface area contributed by atoms with Crippen LogP contribution in [-0.2, 0) is 27.8 Å². The van der Waals surface area contributed by atoms with E-state index in [0.29, 0.717) is 12.2 Å². The van der Waals surface area contributed by atoms with Gasteiger partial charge in [-0.2, -0.15) is 0 Å². The molecule has 2 aromatic rings. The van der Waals surface area contributed by atoms with E-state index in [1.165, 1.54) is 5.56 Å². The number of methoxy groups -OCH3 is 1. The average Bonchev–Trinajstić information content (AvgIpc) is 3.20. The maximum Gasteiger partial charge on any atom is 0.321 e. The van der Waals surface area contributed by atoms with Gasteiger partial charge in [-0.25, -0.2) is 0 Å². The molecule has 2 heterocycles. The normalized spacial score (nSPS) is 32.3. The Balaban J connectivity index is 0.00000152. The molecule has 3 N–H and O–H groups in total. The first kappa shape index (κ1) is 27.0. The van der Waals surface area contributed by atoms with Crippen molar-refractivity contribution in [3.63, 3.8) is 0 Å². The molecule has 7 nitrogen and oxygen atoms in total. The van der Waals surface area contributed by atoms with Crippen LogP contribution in [0.4, 0.5) is 0 Å². The Bertz CT molecular complexity index is 1130. The zero-order valence-corrected chi connectivity index (χ0v) is 22.1. The molecule has 0 radical (unpaired) electrons. The van der Waals surface area contributed by atoms with Crippen molar-refractivity contribution >= 4 is 30.8 Å². The molecule has 2 fully saturated rings. The van der Waals surface area contributed by atoms with Crippen LogP contribution in [0.5, 0.6) is 11.5 Å². The van der Waals surface area contributed by atoms with Gasteiger partial charge in [-0.05, 0) is 62.9 Å². The molecule has 6 atom stereocenters. The number of nitrogens with zero attached hydrogens (tertiary/aromatic N) is 1. The van der Waals surface area contributed by atoms with Crippen molar-refractivity contribution in [1.82, 2.24) is 10.2 Å². The number of halogens is 2. The molecular formula is C27H34Cl2N2O5. The van der Waals surface area contributed by atoms with Crippen LogP contribution in [0.15, 0.2) is 42.5 Å². The minimum Gasteiger partial charge on any atom is -0.504 e. The number of carboxylic acid groups (broad SMARTS) is 1. The predicted molar refractivity (Wildman–Crippen MR) is 141 cm³/mol. The highest BCUT2D eigenvalue weighted by Crippen LogP contribution is 2.66. The minimum atomic E-state index is -0.867. The third-order valence-electron chi connectivity index (χ3n) is 9.05. The largest absolute Gasteiger partial charge is 0.504 e. The van der Waals surface area contributed by atoms with E-state index < -0.39 is 23.0 Å². The number of piperidine rings is 1. The number of ether oxygens (including phenoxy) is 2. The summed E-state index contributed by atoms with van der Waals surface area (Å²) in [5.41, 5.74) is 2.42. The molecule has 0 amide bonds. The van der Waals surface area contributed by atoms with Gasteiger partial charge in [0.25, 0.3) is 0 Å². The van der Waals surface area contributed by atoms with Crippen molar-refractivity contribution in [3.05, 3.63) is 59.2 Å². The summed E-state index contributed by atoms with van der Waals surface area (Å²) in [6.07, 6.45) is 3.34. The molecule has 2 aliphatic carbocycles. The summed E-state index contributed by atoms with van der Waals surface area (Å²) in [6, 6.07) is 12.8. The lowest BCUT2D eigenvalue weighted by atomic mass is 9.48. The van der Waals surface area contributed by atoms with Gasteiger partial charge in [0.05, 0.1) is 11.0 Å². The summed E-state index contributed by atoms with van der Waals surface area (Å²) >= 11 is 0. The molecule has 2 aliphatic heterocycles. The quantitative estimate of drug-likeness (QED) is 0.521. The van der Waals surface area contributed by atoms with Crippen molar-refractivity contribution < 1.29 is 24.5 Å². The highest BCUT2D eigenvalue weighted by molar-refractivity contribution is 5.85. The van der Waals surface area contributed by atoms with Crippen molar-refractivity contribution in [1.29, 1.82) is 0 Å². The van der Waals surface area contributed by atoms with Crippen LogP contribution in [-0.4, -0.2) is 71.6 Å². The van der Waals surface area contributed by atoms with Gasteiger partial charge in [0, 0.05) is 24.8 Å². The van der Waals surface area contributed by atoms with Crippen molar-refractivity contribution in [2.45, 2.75) is 67.3 Å². The molecule has 2 bridgehead atoms. The van der Waals surface area contributed by atoms with Crippen LogP contribution in [0.2, 0.25) is 0 Å². The molecule has 9 heteroatoms. The molecule has 1 saturated heterocycles. The molecular weight excluding hydrogens is 503 g/mol. The fraction of sp³-hybridized carbons (Fsp3) is 0.519. The molecule has 0 aromatic heterocycles. The number of likely N-dealkylation sites (N-methyl/N-ethyl adjacent to an activating group) is 1. The Morgan fingerprint density at radius 1 is 1.22 bits per heavy atom. The first-order valence-electron chi connectivity index (χ1n) is 12.2. The van der Waals surface area contributed by atoms with Crippen LogP contribution in [0.1, 0.15) is 36.0 Å². The third kappa shape index (κ3) is 3.55. The highest BCUT2D eigenvalue weighted by Gasteiger charge is 2.73. The van der Waals surface area contributed by atoms with Crippen molar-refractivity contribution in [2.24, 2.45) is 0 Å². The number of phenols is 1. The lowest BCUT2D eigenvalue weighted by Gasteiger charge is -2.65. The van der Waals surface area contributed by atoms with Crippen LogP contribution >= 0.6 is 24.8 Å². The summed E-state index contributed by atoms with van der Waals surface area (Å²) in [5.74, 6) is -0.146. The fourth-order valence-electron chi connectivity index (χ4n) is 7.64. The number of phenolic OH excluding ortho intramolecular Hbond substituents is 1. The number of rotatable bonds is 6. The number of aromatic hydroxyl groups is 1. The number of carbonyl (C=O) groups is 1. The Morgan fingerprint density at radius 3 is 2.67 bits per heavy atom. The van der Waals surface area contributed by atoms with Gasteiger partial charge in [-0.15, -0.1) is 24.8 Å². The number of benzene rings is 2. The maximum atomic E-state index is 12.3.